The van der Waals surface area contributed by atoms with Crippen molar-refractivity contribution in [2.75, 3.05) is 39.1 Å². The molecule has 0 unspecified atom stereocenters. The molecule has 0 spiro atoms. The number of anilines is 1. The van der Waals surface area contributed by atoms with Gasteiger partial charge in [-0.3, -0.25) is 0 Å². The van der Waals surface area contributed by atoms with Crippen molar-refractivity contribution in [2.45, 2.75) is 12.8 Å². The van der Waals surface area contributed by atoms with Crippen LogP contribution < -0.4 is 10.1 Å². The number of hydrogen-bond donors (Lipinski definition) is 1. The summed E-state index contributed by atoms with van der Waals surface area (Å²) in [4.78, 5) is 2.40. The smallest absolute Gasteiger partial charge is 0.120 e. The Morgan fingerprint density at radius 1 is 1.35 bits per heavy atom. The predicted octanol–water partition coefficient (Wildman–Crippen LogP) is 2.45. The summed E-state index contributed by atoms with van der Waals surface area (Å²) in [5.41, 5.74) is 1.16. The van der Waals surface area contributed by atoms with Gasteiger partial charge in [-0.2, -0.15) is 0 Å². The molecule has 1 aromatic rings. The molecular formula is C14H22N2O. The number of benzene rings is 1. The third-order valence-corrected chi connectivity index (χ3v) is 3.50. The molecule has 0 radical (unpaired) electrons. The Hall–Kier alpha value is -1.22. The minimum absolute atomic E-state index is 0.803. The topological polar surface area (TPSA) is 24.5 Å². The molecule has 1 aliphatic heterocycles. The first-order valence-corrected chi connectivity index (χ1v) is 6.34. The van der Waals surface area contributed by atoms with E-state index in [2.05, 4.69) is 29.4 Å². The summed E-state index contributed by atoms with van der Waals surface area (Å²) in [6, 6.07) is 8.14. The molecule has 3 nitrogen and oxygen atoms in total. The number of nitrogens with zero attached hydrogens (tertiary/aromatic N) is 1. The largest absolute Gasteiger partial charge is 0.497 e. The summed E-state index contributed by atoms with van der Waals surface area (Å²) in [7, 11) is 3.90. The predicted molar refractivity (Wildman–Crippen MR) is 71.7 cm³/mol. The fourth-order valence-electron chi connectivity index (χ4n) is 2.26. The SMILES string of the molecule is COc1cccc(NCC2CCN(C)CC2)c1. The summed E-state index contributed by atoms with van der Waals surface area (Å²) < 4.78 is 5.21. The Morgan fingerprint density at radius 3 is 2.82 bits per heavy atom. The minimum Gasteiger partial charge on any atom is -0.497 e. The van der Waals surface area contributed by atoms with Gasteiger partial charge in [-0.1, -0.05) is 6.07 Å². The quantitative estimate of drug-likeness (QED) is 0.866. The highest BCUT2D eigenvalue weighted by Gasteiger charge is 2.15. The van der Waals surface area contributed by atoms with Crippen molar-refractivity contribution >= 4 is 5.69 Å². The molecule has 0 amide bonds. The fraction of sp³-hybridized carbons (Fsp3) is 0.571. The van der Waals surface area contributed by atoms with E-state index in [1.54, 1.807) is 7.11 Å². The molecule has 1 N–H and O–H groups in total. The van der Waals surface area contributed by atoms with Crippen LogP contribution in [0.25, 0.3) is 0 Å². The Morgan fingerprint density at radius 2 is 2.12 bits per heavy atom. The highest BCUT2D eigenvalue weighted by atomic mass is 16.5. The Kier molecular flexibility index (Phi) is 4.26. The van der Waals surface area contributed by atoms with E-state index in [0.717, 1.165) is 23.9 Å². The van der Waals surface area contributed by atoms with Gasteiger partial charge in [-0.05, 0) is 51.0 Å². The van der Waals surface area contributed by atoms with Crippen LogP contribution in [0.1, 0.15) is 12.8 Å². The zero-order chi connectivity index (χ0) is 12.1. The molecule has 1 aliphatic rings. The molecule has 17 heavy (non-hydrogen) atoms. The second-order valence-electron chi connectivity index (χ2n) is 4.86. The lowest BCUT2D eigenvalue weighted by Crippen LogP contribution is -2.32. The van der Waals surface area contributed by atoms with Gasteiger partial charge in [0.05, 0.1) is 7.11 Å². The summed E-state index contributed by atoms with van der Waals surface area (Å²) in [6.07, 6.45) is 2.60. The van der Waals surface area contributed by atoms with E-state index in [4.69, 9.17) is 4.74 Å². The number of rotatable bonds is 4. The lowest BCUT2D eigenvalue weighted by Gasteiger charge is -2.29. The number of methoxy groups -OCH3 is 1. The first kappa shape index (κ1) is 12.2. The Labute approximate surface area is 104 Å². The van der Waals surface area contributed by atoms with Gasteiger partial charge >= 0.3 is 0 Å². The van der Waals surface area contributed by atoms with Crippen LogP contribution in [-0.2, 0) is 0 Å². The van der Waals surface area contributed by atoms with Crippen molar-refractivity contribution in [3.8, 4) is 5.75 Å². The maximum absolute atomic E-state index is 5.21. The molecule has 0 saturated carbocycles. The van der Waals surface area contributed by atoms with Gasteiger partial charge in [0.1, 0.15) is 5.75 Å². The van der Waals surface area contributed by atoms with Crippen LogP contribution in [0, 0.1) is 5.92 Å². The number of ether oxygens (including phenoxy) is 1. The third kappa shape index (κ3) is 3.63. The first-order valence-electron chi connectivity index (χ1n) is 6.34. The molecule has 1 fully saturated rings. The van der Waals surface area contributed by atoms with E-state index in [1.165, 1.54) is 25.9 Å². The van der Waals surface area contributed by atoms with Crippen LogP contribution in [0.4, 0.5) is 5.69 Å². The molecule has 0 atom stereocenters. The highest BCUT2D eigenvalue weighted by molar-refractivity contribution is 5.48. The number of piperidine rings is 1. The van der Waals surface area contributed by atoms with Crippen molar-refractivity contribution in [3.05, 3.63) is 24.3 Å². The molecule has 1 aromatic carbocycles. The van der Waals surface area contributed by atoms with Gasteiger partial charge in [0.15, 0.2) is 0 Å². The van der Waals surface area contributed by atoms with Crippen molar-refractivity contribution in [2.24, 2.45) is 5.92 Å². The molecule has 1 saturated heterocycles. The molecule has 0 aromatic heterocycles. The van der Waals surface area contributed by atoms with Gasteiger partial charge in [0.25, 0.3) is 0 Å². The molecule has 0 bridgehead atoms. The minimum atomic E-state index is 0.803. The van der Waals surface area contributed by atoms with Crippen molar-refractivity contribution in [1.82, 2.24) is 4.90 Å². The molecule has 0 aliphatic carbocycles. The molecule has 94 valence electrons. The number of likely N-dealkylation sites (tertiary alicyclic amines) is 1. The van der Waals surface area contributed by atoms with E-state index in [9.17, 15) is 0 Å². The maximum atomic E-state index is 5.21. The molecule has 2 rings (SSSR count). The van der Waals surface area contributed by atoms with Gasteiger partial charge in [-0.25, -0.2) is 0 Å². The Bertz CT molecular complexity index is 346. The molecular weight excluding hydrogens is 212 g/mol. The van der Waals surface area contributed by atoms with Crippen LogP contribution in [0.3, 0.4) is 0 Å². The fourth-order valence-corrected chi connectivity index (χ4v) is 2.26. The summed E-state index contributed by atoms with van der Waals surface area (Å²) in [5, 5.41) is 3.51. The van der Waals surface area contributed by atoms with Crippen molar-refractivity contribution < 1.29 is 4.74 Å². The van der Waals surface area contributed by atoms with Gasteiger partial charge in [-0.15, -0.1) is 0 Å². The van der Waals surface area contributed by atoms with E-state index in [-0.39, 0.29) is 0 Å². The zero-order valence-electron chi connectivity index (χ0n) is 10.8. The van der Waals surface area contributed by atoms with Crippen LogP contribution in [0.5, 0.6) is 5.75 Å². The lowest BCUT2D eigenvalue weighted by molar-refractivity contribution is 0.226. The Balaban J connectivity index is 1.81. The molecule has 1 heterocycles. The van der Waals surface area contributed by atoms with Crippen molar-refractivity contribution in [1.29, 1.82) is 0 Å². The highest BCUT2D eigenvalue weighted by Crippen LogP contribution is 2.20. The normalized spacial score (nSPS) is 18.0. The standard InChI is InChI=1S/C14H22N2O/c1-16-8-6-12(7-9-16)11-15-13-4-3-5-14(10-13)17-2/h3-5,10,12,15H,6-9,11H2,1-2H3. The van der Waals surface area contributed by atoms with E-state index in [1.807, 2.05) is 12.1 Å². The summed E-state index contributed by atoms with van der Waals surface area (Å²) in [5.74, 6) is 1.72. The van der Waals surface area contributed by atoms with E-state index < -0.39 is 0 Å². The molecule has 3 heteroatoms. The average Bonchev–Trinajstić information content (AvgIpc) is 2.38. The van der Waals surface area contributed by atoms with Gasteiger partial charge in [0.2, 0.25) is 0 Å². The third-order valence-electron chi connectivity index (χ3n) is 3.50. The lowest BCUT2D eigenvalue weighted by atomic mass is 9.97. The van der Waals surface area contributed by atoms with Crippen LogP contribution >= 0.6 is 0 Å². The second-order valence-corrected chi connectivity index (χ2v) is 4.86. The second kappa shape index (κ2) is 5.92. The van der Waals surface area contributed by atoms with Gasteiger partial charge in [0, 0.05) is 18.3 Å². The number of hydrogen-bond acceptors (Lipinski definition) is 3. The average molecular weight is 234 g/mol. The van der Waals surface area contributed by atoms with Crippen LogP contribution in [0.15, 0.2) is 24.3 Å². The van der Waals surface area contributed by atoms with E-state index in [0.29, 0.717) is 0 Å². The summed E-state index contributed by atoms with van der Waals surface area (Å²) in [6.45, 7) is 3.52. The van der Waals surface area contributed by atoms with E-state index >= 15 is 0 Å². The zero-order valence-corrected chi connectivity index (χ0v) is 10.8. The monoisotopic (exact) mass is 234 g/mol. The van der Waals surface area contributed by atoms with Gasteiger partial charge < -0.3 is 15.0 Å². The number of nitrogens with one attached hydrogen (secondary N) is 1. The van der Waals surface area contributed by atoms with Crippen LogP contribution in [0.2, 0.25) is 0 Å². The van der Waals surface area contributed by atoms with Crippen LogP contribution in [-0.4, -0.2) is 38.7 Å². The summed E-state index contributed by atoms with van der Waals surface area (Å²) >= 11 is 0. The first-order chi connectivity index (χ1) is 8.28. The maximum Gasteiger partial charge on any atom is 0.120 e. The van der Waals surface area contributed by atoms with Crippen molar-refractivity contribution in [3.63, 3.8) is 0 Å².